The van der Waals surface area contributed by atoms with Gasteiger partial charge in [0.05, 0.1) is 5.75 Å². The van der Waals surface area contributed by atoms with Crippen LogP contribution < -0.4 is 21.3 Å². The first-order valence-electron chi connectivity index (χ1n) is 9.04. The summed E-state index contributed by atoms with van der Waals surface area (Å²) in [6.45, 7) is 2.98. The molecule has 9 heteroatoms. The molecule has 0 saturated carbocycles. The van der Waals surface area contributed by atoms with Gasteiger partial charge in [0, 0.05) is 50.7 Å². The van der Waals surface area contributed by atoms with Crippen molar-refractivity contribution in [2.75, 3.05) is 36.8 Å². The van der Waals surface area contributed by atoms with Gasteiger partial charge in [-0.2, -0.15) is 0 Å². The Morgan fingerprint density at radius 1 is 1.15 bits per heavy atom. The third-order valence-electron chi connectivity index (χ3n) is 4.69. The zero-order valence-electron chi connectivity index (χ0n) is 15.1. The van der Waals surface area contributed by atoms with Crippen LogP contribution in [-0.2, 0) is 14.4 Å². The number of anilines is 1. The molecule has 2 fully saturated rings. The molecule has 2 heterocycles. The third-order valence-corrected chi connectivity index (χ3v) is 5.69. The lowest BCUT2D eigenvalue weighted by Gasteiger charge is -2.36. The van der Waals surface area contributed by atoms with Gasteiger partial charge in [0.15, 0.2) is 0 Å². The Hall–Kier alpha value is -2.26. The molecule has 0 radical (unpaired) electrons. The molecule has 8 nitrogen and oxygen atoms in total. The van der Waals surface area contributed by atoms with Crippen LogP contribution >= 0.6 is 11.8 Å². The summed E-state index contributed by atoms with van der Waals surface area (Å²) in [5.41, 5.74) is 6.00. The van der Waals surface area contributed by atoms with Gasteiger partial charge in [0.1, 0.15) is 5.50 Å². The summed E-state index contributed by atoms with van der Waals surface area (Å²) in [5, 5.41) is 5.94. The van der Waals surface area contributed by atoms with E-state index in [4.69, 9.17) is 5.73 Å². The average molecular weight is 391 g/mol. The fourth-order valence-corrected chi connectivity index (χ4v) is 4.30. The SMILES string of the molecule is NC(=O)CC1CC(=O)NC(SCC(=O)N2CCN(c3ccccc3)CC2)N1. The number of nitrogens with one attached hydrogen (secondary N) is 2. The average Bonchev–Trinajstić information content (AvgIpc) is 2.66. The summed E-state index contributed by atoms with van der Waals surface area (Å²) in [4.78, 5) is 39.5. The van der Waals surface area contributed by atoms with Crippen molar-refractivity contribution in [1.82, 2.24) is 15.5 Å². The van der Waals surface area contributed by atoms with Crippen LogP contribution in [-0.4, -0.2) is 66.1 Å². The highest BCUT2D eigenvalue weighted by atomic mass is 32.2. The van der Waals surface area contributed by atoms with Gasteiger partial charge < -0.3 is 20.9 Å². The molecule has 2 aliphatic heterocycles. The molecule has 0 aromatic heterocycles. The fraction of sp³-hybridized carbons (Fsp3) is 0.500. The van der Waals surface area contributed by atoms with Gasteiger partial charge in [-0.25, -0.2) is 0 Å². The molecule has 2 aliphatic rings. The van der Waals surface area contributed by atoms with Gasteiger partial charge in [-0.3, -0.25) is 19.7 Å². The molecular formula is C18H25N5O3S. The molecular weight excluding hydrogens is 366 g/mol. The largest absolute Gasteiger partial charge is 0.370 e. The molecule has 2 atom stereocenters. The predicted octanol–water partition coefficient (Wildman–Crippen LogP) is -0.294. The Labute approximate surface area is 162 Å². The zero-order valence-corrected chi connectivity index (χ0v) is 15.9. The summed E-state index contributed by atoms with van der Waals surface area (Å²) < 4.78 is 0. The van der Waals surface area contributed by atoms with E-state index in [1.165, 1.54) is 17.4 Å². The smallest absolute Gasteiger partial charge is 0.232 e. The maximum Gasteiger partial charge on any atom is 0.232 e. The van der Waals surface area contributed by atoms with E-state index < -0.39 is 5.91 Å². The molecule has 4 N–H and O–H groups in total. The van der Waals surface area contributed by atoms with Crippen molar-refractivity contribution in [3.8, 4) is 0 Å². The molecule has 3 rings (SSSR count). The molecule has 0 spiro atoms. The molecule has 27 heavy (non-hydrogen) atoms. The van der Waals surface area contributed by atoms with Crippen LogP contribution in [0.2, 0.25) is 0 Å². The van der Waals surface area contributed by atoms with Gasteiger partial charge in [-0.15, -0.1) is 11.8 Å². The summed E-state index contributed by atoms with van der Waals surface area (Å²) in [5.74, 6) is -0.257. The first-order chi connectivity index (χ1) is 13.0. The Morgan fingerprint density at radius 2 is 1.85 bits per heavy atom. The Morgan fingerprint density at radius 3 is 2.52 bits per heavy atom. The van der Waals surface area contributed by atoms with Crippen LogP contribution in [0.15, 0.2) is 30.3 Å². The minimum atomic E-state index is -0.446. The second-order valence-corrected chi connectivity index (χ2v) is 7.79. The van der Waals surface area contributed by atoms with Crippen molar-refractivity contribution in [1.29, 1.82) is 0 Å². The van der Waals surface area contributed by atoms with E-state index in [1.54, 1.807) is 0 Å². The predicted molar refractivity (Wildman–Crippen MR) is 105 cm³/mol. The lowest BCUT2D eigenvalue weighted by Crippen LogP contribution is -2.56. The molecule has 1 aromatic rings. The lowest BCUT2D eigenvalue weighted by atomic mass is 10.1. The van der Waals surface area contributed by atoms with E-state index in [9.17, 15) is 14.4 Å². The first kappa shape index (κ1) is 19.5. The number of piperazine rings is 1. The quantitative estimate of drug-likeness (QED) is 0.615. The number of primary amides is 1. The fourth-order valence-electron chi connectivity index (χ4n) is 3.31. The Bertz CT molecular complexity index is 677. The van der Waals surface area contributed by atoms with E-state index >= 15 is 0 Å². The second-order valence-electron chi connectivity index (χ2n) is 6.70. The van der Waals surface area contributed by atoms with Crippen molar-refractivity contribution in [3.05, 3.63) is 30.3 Å². The maximum atomic E-state index is 12.5. The number of benzene rings is 1. The minimum absolute atomic E-state index is 0.0563. The number of hydrogen-bond acceptors (Lipinski definition) is 6. The monoisotopic (exact) mass is 391 g/mol. The Kier molecular flexibility index (Phi) is 6.57. The lowest BCUT2D eigenvalue weighted by molar-refractivity contribution is -0.129. The number of carbonyl (C=O) groups is 3. The molecule has 3 amide bonds. The standard InChI is InChI=1S/C18H25N5O3S/c19-15(24)10-13-11-16(25)21-18(20-13)27-12-17(26)23-8-6-22(7-9-23)14-4-2-1-3-5-14/h1-5,13,18,20H,6-12H2,(H2,19,24)(H,21,25). The maximum absolute atomic E-state index is 12.5. The van der Waals surface area contributed by atoms with Crippen LogP contribution in [0.3, 0.4) is 0 Å². The van der Waals surface area contributed by atoms with Crippen molar-refractivity contribution < 1.29 is 14.4 Å². The third kappa shape index (κ3) is 5.61. The summed E-state index contributed by atoms with van der Waals surface area (Å²) in [7, 11) is 0. The van der Waals surface area contributed by atoms with Gasteiger partial charge in [-0.1, -0.05) is 18.2 Å². The molecule has 2 saturated heterocycles. The van der Waals surface area contributed by atoms with E-state index in [2.05, 4.69) is 27.7 Å². The van der Waals surface area contributed by atoms with Crippen molar-refractivity contribution in [2.45, 2.75) is 24.4 Å². The van der Waals surface area contributed by atoms with Crippen molar-refractivity contribution >= 4 is 35.2 Å². The number of rotatable bonds is 6. The summed E-state index contributed by atoms with van der Waals surface area (Å²) in [6, 6.07) is 9.90. The van der Waals surface area contributed by atoms with Crippen LogP contribution in [0.25, 0.3) is 0 Å². The highest BCUT2D eigenvalue weighted by Gasteiger charge is 2.28. The molecule has 146 valence electrons. The van der Waals surface area contributed by atoms with E-state index in [1.807, 2.05) is 23.1 Å². The number of para-hydroxylation sites is 1. The summed E-state index contributed by atoms with van der Waals surface area (Å²) in [6.07, 6.45) is 0.329. The number of amides is 3. The number of nitrogens with two attached hydrogens (primary N) is 1. The normalized spacial score (nSPS) is 23.0. The van der Waals surface area contributed by atoms with Gasteiger partial charge >= 0.3 is 0 Å². The van der Waals surface area contributed by atoms with Crippen LogP contribution in [0.5, 0.6) is 0 Å². The second kappa shape index (κ2) is 9.09. The van der Waals surface area contributed by atoms with Crippen molar-refractivity contribution in [3.63, 3.8) is 0 Å². The van der Waals surface area contributed by atoms with Crippen molar-refractivity contribution in [2.24, 2.45) is 5.73 Å². The van der Waals surface area contributed by atoms with Crippen LogP contribution in [0, 0.1) is 0 Å². The molecule has 0 aliphatic carbocycles. The van der Waals surface area contributed by atoms with Crippen LogP contribution in [0.1, 0.15) is 12.8 Å². The van der Waals surface area contributed by atoms with E-state index in [0.717, 1.165) is 13.1 Å². The van der Waals surface area contributed by atoms with E-state index in [0.29, 0.717) is 13.1 Å². The topological polar surface area (TPSA) is 108 Å². The van der Waals surface area contributed by atoms with Gasteiger partial charge in [-0.05, 0) is 12.1 Å². The van der Waals surface area contributed by atoms with Gasteiger partial charge in [0.2, 0.25) is 17.7 Å². The summed E-state index contributed by atoms with van der Waals surface area (Å²) >= 11 is 1.33. The first-order valence-corrected chi connectivity index (χ1v) is 10.1. The van der Waals surface area contributed by atoms with Crippen LogP contribution in [0.4, 0.5) is 5.69 Å². The highest BCUT2D eigenvalue weighted by molar-refractivity contribution is 8.00. The Balaban J connectivity index is 1.43. The molecule has 2 unspecified atom stereocenters. The molecule has 1 aromatic carbocycles. The van der Waals surface area contributed by atoms with E-state index in [-0.39, 0.29) is 41.9 Å². The zero-order chi connectivity index (χ0) is 19.2. The number of carbonyl (C=O) groups excluding carboxylic acids is 3. The highest BCUT2D eigenvalue weighted by Crippen LogP contribution is 2.18. The molecule has 0 bridgehead atoms. The number of nitrogens with zero attached hydrogens (tertiary/aromatic N) is 2. The number of thioether (sulfide) groups is 1. The number of hydrogen-bond donors (Lipinski definition) is 3. The minimum Gasteiger partial charge on any atom is -0.370 e. The van der Waals surface area contributed by atoms with Gasteiger partial charge in [0.25, 0.3) is 0 Å².